The maximum Gasteiger partial charge on any atom is 0.407 e. The number of benzene rings is 2. The summed E-state index contributed by atoms with van der Waals surface area (Å²) in [5.41, 5.74) is 10.8. The Morgan fingerprint density at radius 2 is 1.58 bits per heavy atom. The zero-order valence-corrected chi connectivity index (χ0v) is 36.6. The van der Waals surface area contributed by atoms with Crippen molar-refractivity contribution in [3.05, 3.63) is 65.2 Å². The maximum atomic E-state index is 13.1. The maximum absolute atomic E-state index is 13.1. The molecular formula is C46H65N7O9. The van der Waals surface area contributed by atoms with Gasteiger partial charge in [0, 0.05) is 43.3 Å². The summed E-state index contributed by atoms with van der Waals surface area (Å²) >= 11 is 0. The first-order valence-corrected chi connectivity index (χ1v) is 22.0. The van der Waals surface area contributed by atoms with Crippen molar-refractivity contribution in [2.45, 2.75) is 149 Å². The van der Waals surface area contributed by atoms with Crippen LogP contribution in [0.15, 0.2) is 48.5 Å². The van der Waals surface area contributed by atoms with Crippen molar-refractivity contribution in [3.8, 4) is 0 Å². The highest BCUT2D eigenvalue weighted by atomic mass is 16.7. The Balaban J connectivity index is 1.08. The highest BCUT2D eigenvalue weighted by Gasteiger charge is 2.33. The van der Waals surface area contributed by atoms with E-state index in [1.54, 1.807) is 45.0 Å². The predicted octanol–water partition coefficient (Wildman–Crippen LogP) is 6.12. The smallest absolute Gasteiger partial charge is 0.407 e. The van der Waals surface area contributed by atoms with Crippen LogP contribution >= 0.6 is 0 Å². The predicted molar refractivity (Wildman–Crippen MR) is 236 cm³/mol. The number of pyridine rings is 1. The zero-order valence-electron chi connectivity index (χ0n) is 36.6. The third-order valence-corrected chi connectivity index (χ3v) is 10.7. The summed E-state index contributed by atoms with van der Waals surface area (Å²) in [6.45, 7) is 7.85. The zero-order chi connectivity index (χ0) is 45.0. The van der Waals surface area contributed by atoms with Crippen LogP contribution in [-0.4, -0.2) is 75.7 Å². The molecule has 2 heterocycles. The Labute approximate surface area is 364 Å². The van der Waals surface area contributed by atoms with Crippen molar-refractivity contribution in [2.75, 3.05) is 17.6 Å². The van der Waals surface area contributed by atoms with E-state index in [2.05, 4.69) is 45.3 Å². The van der Waals surface area contributed by atoms with E-state index in [1.165, 1.54) is 12.0 Å². The Bertz CT molecular complexity index is 1970. The standard InChI is InChI=1S/C46H65N7O9/c1-5-6-9-16-34-28-36-33(17-14-18-37(36)51-43(34)47)15-10-8-13-27-48-46(60)61-29-32-21-23-35(24-22-32)50-44(58)31(4)49-45(59)42(30(2)3)52-38(54)19-11-7-12-20-41(57)62-53-39(55)25-26-40(53)56/h14,17-18,21-24,28,30-31,39,42,55H,5-13,15-16,19-20,25-27,29H2,1-4H3,(H2,47,51)(H,48,60)(H,49,59)(H,50,58)(H,52,54)/t31-,39?,42-/m0/s1. The lowest BCUT2D eigenvalue weighted by Gasteiger charge is -2.24. The number of alkyl carbamates (subject to hydrolysis) is 1. The fourth-order valence-corrected chi connectivity index (χ4v) is 7.03. The highest BCUT2D eigenvalue weighted by Crippen LogP contribution is 2.25. The molecule has 1 unspecified atom stereocenters. The Kier molecular flexibility index (Phi) is 19.9. The second-order valence-electron chi connectivity index (χ2n) is 16.3. The van der Waals surface area contributed by atoms with Gasteiger partial charge in [-0.1, -0.05) is 70.7 Å². The van der Waals surface area contributed by atoms with Crippen LogP contribution in [0.2, 0.25) is 0 Å². The van der Waals surface area contributed by atoms with Gasteiger partial charge in [0.2, 0.25) is 17.7 Å². The van der Waals surface area contributed by atoms with Gasteiger partial charge in [-0.3, -0.25) is 19.2 Å². The van der Waals surface area contributed by atoms with Gasteiger partial charge in [-0.05, 0) is 98.7 Å². The normalized spacial score (nSPS) is 14.6. The first kappa shape index (κ1) is 48.9. The third kappa shape index (κ3) is 15.9. The van der Waals surface area contributed by atoms with Gasteiger partial charge in [-0.15, -0.1) is 5.06 Å². The van der Waals surface area contributed by atoms with E-state index in [0.717, 1.165) is 67.0 Å². The number of aryl methyl sites for hydroxylation is 2. The van der Waals surface area contributed by atoms with E-state index in [-0.39, 0.29) is 44.1 Å². The number of nitrogens with two attached hydrogens (primary N) is 1. The molecule has 7 N–H and O–H groups in total. The third-order valence-electron chi connectivity index (χ3n) is 10.7. The number of unbranched alkanes of at least 4 members (excludes halogenated alkanes) is 6. The fourth-order valence-electron chi connectivity index (χ4n) is 7.03. The highest BCUT2D eigenvalue weighted by molar-refractivity contribution is 5.98. The van der Waals surface area contributed by atoms with Gasteiger partial charge in [0.05, 0.1) is 5.52 Å². The number of aliphatic hydroxyl groups is 1. The molecule has 4 rings (SSSR count). The van der Waals surface area contributed by atoms with E-state index >= 15 is 0 Å². The quantitative estimate of drug-likeness (QED) is 0.0532. The second-order valence-corrected chi connectivity index (χ2v) is 16.3. The molecule has 16 heteroatoms. The Morgan fingerprint density at radius 1 is 0.871 bits per heavy atom. The number of aromatic nitrogens is 1. The number of hydrogen-bond donors (Lipinski definition) is 6. The Hall–Kier alpha value is -5.77. The first-order chi connectivity index (χ1) is 29.7. The molecule has 0 spiro atoms. The molecule has 2 aromatic carbocycles. The van der Waals surface area contributed by atoms with E-state index in [4.69, 9.17) is 15.3 Å². The summed E-state index contributed by atoms with van der Waals surface area (Å²) in [6.07, 6.45) is 8.27. The van der Waals surface area contributed by atoms with Crippen molar-refractivity contribution in [3.63, 3.8) is 0 Å². The molecule has 0 radical (unpaired) electrons. The first-order valence-electron chi connectivity index (χ1n) is 22.0. The molecule has 0 aliphatic carbocycles. The van der Waals surface area contributed by atoms with E-state index < -0.39 is 48.1 Å². The molecule has 1 saturated heterocycles. The number of hydrogen-bond acceptors (Lipinski definition) is 11. The van der Waals surface area contributed by atoms with Crippen molar-refractivity contribution in [1.29, 1.82) is 0 Å². The van der Waals surface area contributed by atoms with E-state index in [9.17, 15) is 33.9 Å². The monoisotopic (exact) mass is 859 g/mol. The molecular weight excluding hydrogens is 795 g/mol. The minimum absolute atomic E-state index is 0.0262. The van der Waals surface area contributed by atoms with Gasteiger partial charge >= 0.3 is 12.1 Å². The summed E-state index contributed by atoms with van der Waals surface area (Å²) in [5, 5.41) is 22.6. The van der Waals surface area contributed by atoms with Crippen LogP contribution in [0.4, 0.5) is 16.3 Å². The number of aliphatic hydroxyl groups excluding tert-OH is 1. The summed E-state index contributed by atoms with van der Waals surface area (Å²) in [5.74, 6) is -2.02. The molecule has 0 saturated carbocycles. The molecule has 1 fully saturated rings. The molecule has 3 aromatic rings. The molecule has 0 bridgehead atoms. The molecule has 1 aliphatic heterocycles. The number of carbonyl (C=O) groups is 6. The van der Waals surface area contributed by atoms with E-state index in [1.807, 2.05) is 12.1 Å². The van der Waals surface area contributed by atoms with Gasteiger partial charge in [0.1, 0.15) is 24.5 Å². The lowest BCUT2D eigenvalue weighted by molar-refractivity contribution is -0.220. The largest absolute Gasteiger partial charge is 0.445 e. The number of fused-ring (bicyclic) bond motifs is 1. The summed E-state index contributed by atoms with van der Waals surface area (Å²) in [4.78, 5) is 84.3. The van der Waals surface area contributed by atoms with Gasteiger partial charge in [-0.2, -0.15) is 0 Å². The SMILES string of the molecule is CCCCCc1cc2c(CCCCCNC(=O)OCc3ccc(NC(=O)[C@H](C)NC(=O)[C@@H](NC(=O)CCCCCC(=O)ON4C(=O)CCC4O)C(C)C)cc3)cccc2nc1N. The van der Waals surface area contributed by atoms with Crippen molar-refractivity contribution in [2.24, 2.45) is 5.92 Å². The van der Waals surface area contributed by atoms with E-state index in [0.29, 0.717) is 42.4 Å². The number of ether oxygens (including phenoxy) is 1. The topological polar surface area (TPSA) is 231 Å². The average molecular weight is 860 g/mol. The molecule has 1 aromatic heterocycles. The van der Waals surface area contributed by atoms with Crippen LogP contribution in [0, 0.1) is 5.92 Å². The molecule has 16 nitrogen and oxygen atoms in total. The van der Waals surface area contributed by atoms with Gasteiger partial charge < -0.3 is 41.7 Å². The average Bonchev–Trinajstić information content (AvgIpc) is 3.55. The minimum Gasteiger partial charge on any atom is -0.445 e. The van der Waals surface area contributed by atoms with Crippen LogP contribution < -0.4 is 27.0 Å². The second kappa shape index (κ2) is 25.2. The van der Waals surface area contributed by atoms with Crippen molar-refractivity contribution in [1.82, 2.24) is 26.0 Å². The van der Waals surface area contributed by atoms with Gasteiger partial charge in [0.25, 0.3) is 5.91 Å². The number of amides is 5. The van der Waals surface area contributed by atoms with Crippen LogP contribution in [-0.2, 0) is 53.0 Å². The number of carbonyl (C=O) groups excluding carboxylic acids is 6. The lowest BCUT2D eigenvalue weighted by atomic mass is 9.99. The van der Waals surface area contributed by atoms with Crippen LogP contribution in [0.5, 0.6) is 0 Å². The summed E-state index contributed by atoms with van der Waals surface area (Å²) in [7, 11) is 0. The van der Waals surface area contributed by atoms with Crippen LogP contribution in [0.25, 0.3) is 10.9 Å². The number of nitrogen functional groups attached to an aromatic ring is 1. The Morgan fingerprint density at radius 3 is 2.29 bits per heavy atom. The number of nitrogens with one attached hydrogen (secondary N) is 4. The summed E-state index contributed by atoms with van der Waals surface area (Å²) < 4.78 is 5.38. The van der Waals surface area contributed by atoms with Crippen LogP contribution in [0.3, 0.4) is 0 Å². The molecule has 62 heavy (non-hydrogen) atoms. The van der Waals surface area contributed by atoms with Crippen molar-refractivity contribution < 1.29 is 43.4 Å². The number of anilines is 2. The lowest BCUT2D eigenvalue weighted by Crippen LogP contribution is -2.53. The molecule has 3 atom stereocenters. The summed E-state index contributed by atoms with van der Waals surface area (Å²) in [6, 6.07) is 13.4. The molecule has 338 valence electrons. The van der Waals surface area contributed by atoms with Crippen molar-refractivity contribution >= 4 is 58.1 Å². The molecule has 5 amide bonds. The molecule has 1 aliphatic rings. The minimum atomic E-state index is -1.12. The number of nitrogens with zero attached hydrogens (tertiary/aromatic N) is 2. The van der Waals surface area contributed by atoms with Gasteiger partial charge in [0.15, 0.2) is 6.23 Å². The number of rotatable bonds is 25. The number of hydroxylamine groups is 2. The van der Waals surface area contributed by atoms with Crippen LogP contribution in [0.1, 0.15) is 128 Å². The fraction of sp³-hybridized carbons (Fsp3) is 0.543. The van der Waals surface area contributed by atoms with Gasteiger partial charge in [-0.25, -0.2) is 14.6 Å².